The number of amides is 1. The first kappa shape index (κ1) is 17.3. The van der Waals surface area contributed by atoms with Crippen molar-refractivity contribution in [1.29, 1.82) is 0 Å². The lowest BCUT2D eigenvalue weighted by molar-refractivity contribution is -0.141. The molecule has 0 spiro atoms. The molecule has 1 amide bonds. The SMILES string of the molecule is COC(=O)CCN(C)CC(=O)Nc1cc(Cl)ccc1OC. The molecule has 0 aliphatic carbocycles. The van der Waals surface area contributed by atoms with Crippen LogP contribution in [0.15, 0.2) is 18.2 Å². The lowest BCUT2D eigenvalue weighted by atomic mass is 10.3. The summed E-state index contributed by atoms with van der Waals surface area (Å²) in [7, 11) is 4.60. The average molecular weight is 315 g/mol. The maximum absolute atomic E-state index is 11.9. The van der Waals surface area contributed by atoms with Crippen LogP contribution >= 0.6 is 11.6 Å². The third-order valence-electron chi connectivity index (χ3n) is 2.77. The predicted molar refractivity (Wildman–Crippen MR) is 80.8 cm³/mol. The molecule has 0 unspecified atom stereocenters. The number of nitrogens with zero attached hydrogens (tertiary/aromatic N) is 1. The van der Waals surface area contributed by atoms with Crippen LogP contribution in [0.2, 0.25) is 5.02 Å². The second kappa shape index (κ2) is 8.49. The van der Waals surface area contributed by atoms with Gasteiger partial charge in [0.05, 0.1) is 32.9 Å². The van der Waals surface area contributed by atoms with E-state index in [1.165, 1.54) is 14.2 Å². The number of anilines is 1. The van der Waals surface area contributed by atoms with Crippen molar-refractivity contribution in [3.8, 4) is 5.75 Å². The van der Waals surface area contributed by atoms with Crippen LogP contribution in [0, 0.1) is 0 Å². The van der Waals surface area contributed by atoms with Crippen molar-refractivity contribution in [3.63, 3.8) is 0 Å². The van der Waals surface area contributed by atoms with Crippen LogP contribution in [0.5, 0.6) is 5.75 Å². The van der Waals surface area contributed by atoms with Crippen LogP contribution in [0.25, 0.3) is 0 Å². The van der Waals surface area contributed by atoms with E-state index in [2.05, 4.69) is 10.1 Å². The Labute approximate surface area is 129 Å². The fraction of sp³-hybridized carbons (Fsp3) is 0.429. The van der Waals surface area contributed by atoms with Crippen LogP contribution in [0.3, 0.4) is 0 Å². The van der Waals surface area contributed by atoms with Gasteiger partial charge in [-0.15, -0.1) is 0 Å². The normalized spacial score (nSPS) is 10.3. The summed E-state index contributed by atoms with van der Waals surface area (Å²) in [5.74, 6) is 0.00617. The molecule has 0 bridgehead atoms. The summed E-state index contributed by atoms with van der Waals surface area (Å²) in [4.78, 5) is 24.7. The Morgan fingerprint density at radius 2 is 2.05 bits per heavy atom. The van der Waals surface area contributed by atoms with Gasteiger partial charge in [-0.05, 0) is 25.2 Å². The van der Waals surface area contributed by atoms with Crippen molar-refractivity contribution >= 4 is 29.2 Å². The number of nitrogens with one attached hydrogen (secondary N) is 1. The Kier molecular flexibility index (Phi) is 6.98. The van der Waals surface area contributed by atoms with E-state index in [0.717, 1.165) is 0 Å². The van der Waals surface area contributed by atoms with Crippen molar-refractivity contribution in [1.82, 2.24) is 4.90 Å². The first-order valence-corrected chi connectivity index (χ1v) is 6.72. The van der Waals surface area contributed by atoms with E-state index in [0.29, 0.717) is 23.0 Å². The summed E-state index contributed by atoms with van der Waals surface area (Å²) < 4.78 is 9.70. The van der Waals surface area contributed by atoms with Crippen LogP contribution < -0.4 is 10.1 Å². The fourth-order valence-electron chi connectivity index (χ4n) is 1.68. The molecule has 116 valence electrons. The molecular formula is C14H19ClN2O4. The summed E-state index contributed by atoms with van der Waals surface area (Å²) in [6.45, 7) is 0.583. The zero-order chi connectivity index (χ0) is 15.8. The average Bonchev–Trinajstić information content (AvgIpc) is 2.44. The Bertz CT molecular complexity index is 508. The van der Waals surface area contributed by atoms with Crippen LogP contribution in [0.1, 0.15) is 6.42 Å². The first-order chi connectivity index (χ1) is 9.96. The van der Waals surface area contributed by atoms with Gasteiger partial charge in [-0.1, -0.05) is 11.6 Å². The number of rotatable bonds is 7. The van der Waals surface area contributed by atoms with Crippen molar-refractivity contribution in [2.75, 3.05) is 39.7 Å². The van der Waals surface area contributed by atoms with Gasteiger partial charge in [0.1, 0.15) is 5.75 Å². The lowest BCUT2D eigenvalue weighted by Gasteiger charge is -2.16. The summed E-state index contributed by atoms with van der Waals surface area (Å²) in [6, 6.07) is 4.98. The van der Waals surface area contributed by atoms with E-state index >= 15 is 0 Å². The van der Waals surface area contributed by atoms with Gasteiger partial charge in [-0.3, -0.25) is 14.5 Å². The molecule has 0 saturated carbocycles. The lowest BCUT2D eigenvalue weighted by Crippen LogP contribution is -2.32. The molecule has 0 aliphatic heterocycles. The molecule has 6 nitrogen and oxygen atoms in total. The number of carbonyl (C=O) groups excluding carboxylic acids is 2. The maximum atomic E-state index is 11.9. The minimum atomic E-state index is -0.307. The molecule has 1 aromatic carbocycles. The highest BCUT2D eigenvalue weighted by Crippen LogP contribution is 2.27. The molecule has 0 aliphatic rings. The molecule has 0 saturated heterocycles. The number of esters is 1. The van der Waals surface area contributed by atoms with Gasteiger partial charge < -0.3 is 14.8 Å². The molecule has 0 radical (unpaired) electrons. The van der Waals surface area contributed by atoms with Gasteiger partial charge >= 0.3 is 5.97 Å². The minimum Gasteiger partial charge on any atom is -0.495 e. The van der Waals surface area contributed by atoms with Crippen LogP contribution in [-0.2, 0) is 14.3 Å². The molecule has 0 heterocycles. The van der Waals surface area contributed by atoms with Crippen molar-refractivity contribution in [3.05, 3.63) is 23.2 Å². The third-order valence-corrected chi connectivity index (χ3v) is 3.01. The molecule has 0 atom stereocenters. The number of ether oxygens (including phenoxy) is 2. The third kappa shape index (κ3) is 6.01. The second-order valence-electron chi connectivity index (χ2n) is 4.46. The Morgan fingerprint density at radius 3 is 2.67 bits per heavy atom. The van der Waals surface area contributed by atoms with Gasteiger partial charge in [0.25, 0.3) is 0 Å². The highest BCUT2D eigenvalue weighted by atomic mass is 35.5. The number of halogens is 1. The Morgan fingerprint density at radius 1 is 1.33 bits per heavy atom. The van der Waals surface area contributed by atoms with E-state index < -0.39 is 0 Å². The van der Waals surface area contributed by atoms with Crippen LogP contribution in [-0.4, -0.2) is 51.1 Å². The molecule has 0 aromatic heterocycles. The van der Waals surface area contributed by atoms with Gasteiger partial charge in [-0.25, -0.2) is 0 Å². The van der Waals surface area contributed by atoms with E-state index in [1.807, 2.05) is 0 Å². The quantitative estimate of drug-likeness (QED) is 0.777. The largest absolute Gasteiger partial charge is 0.495 e. The molecular weight excluding hydrogens is 296 g/mol. The summed E-state index contributed by atoms with van der Waals surface area (Å²) in [6.07, 6.45) is 0.237. The van der Waals surface area contributed by atoms with E-state index in [1.54, 1.807) is 30.1 Å². The summed E-state index contributed by atoms with van der Waals surface area (Å²) >= 11 is 5.89. The summed E-state index contributed by atoms with van der Waals surface area (Å²) in [5, 5.41) is 3.23. The van der Waals surface area contributed by atoms with Gasteiger partial charge in [0.15, 0.2) is 0 Å². The highest BCUT2D eigenvalue weighted by Gasteiger charge is 2.11. The number of hydrogen-bond acceptors (Lipinski definition) is 5. The topological polar surface area (TPSA) is 67.9 Å². The van der Waals surface area contributed by atoms with Gasteiger partial charge in [-0.2, -0.15) is 0 Å². The zero-order valence-electron chi connectivity index (χ0n) is 12.3. The number of hydrogen-bond donors (Lipinski definition) is 1. The molecule has 1 N–H and O–H groups in total. The Hall–Kier alpha value is -1.79. The van der Waals surface area contributed by atoms with E-state index in [-0.39, 0.29) is 24.8 Å². The number of methoxy groups -OCH3 is 2. The predicted octanol–water partition coefficient (Wildman–Crippen LogP) is 1.78. The fourth-order valence-corrected chi connectivity index (χ4v) is 1.85. The van der Waals surface area contributed by atoms with E-state index in [4.69, 9.17) is 16.3 Å². The number of benzene rings is 1. The molecule has 21 heavy (non-hydrogen) atoms. The summed E-state index contributed by atoms with van der Waals surface area (Å²) in [5.41, 5.74) is 0.511. The first-order valence-electron chi connectivity index (χ1n) is 6.35. The maximum Gasteiger partial charge on any atom is 0.306 e. The molecule has 0 fully saturated rings. The molecule has 1 rings (SSSR count). The van der Waals surface area contributed by atoms with Gasteiger partial charge in [0.2, 0.25) is 5.91 Å². The standard InChI is InChI=1S/C14H19ClN2O4/c1-17(7-6-14(19)21-3)9-13(18)16-11-8-10(15)4-5-12(11)20-2/h4-5,8H,6-7,9H2,1-3H3,(H,16,18). The number of carbonyl (C=O) groups is 2. The minimum absolute atomic E-state index is 0.145. The van der Waals surface area contributed by atoms with Crippen molar-refractivity contribution in [2.45, 2.75) is 6.42 Å². The zero-order valence-corrected chi connectivity index (χ0v) is 13.1. The smallest absolute Gasteiger partial charge is 0.306 e. The second-order valence-corrected chi connectivity index (χ2v) is 4.89. The van der Waals surface area contributed by atoms with Crippen LogP contribution in [0.4, 0.5) is 5.69 Å². The highest BCUT2D eigenvalue weighted by molar-refractivity contribution is 6.31. The van der Waals surface area contributed by atoms with E-state index in [9.17, 15) is 9.59 Å². The number of likely N-dealkylation sites (N-methyl/N-ethyl adjacent to an activating group) is 1. The van der Waals surface area contributed by atoms with Crippen molar-refractivity contribution < 1.29 is 19.1 Å². The monoisotopic (exact) mass is 314 g/mol. The molecule has 1 aromatic rings. The molecule has 7 heteroatoms. The van der Waals surface area contributed by atoms with Crippen molar-refractivity contribution in [2.24, 2.45) is 0 Å². The van der Waals surface area contributed by atoms with Gasteiger partial charge in [0, 0.05) is 11.6 Å². The Balaban J connectivity index is 2.53.